The van der Waals surface area contributed by atoms with E-state index >= 15 is 0 Å². The number of hydrogen-bond donors (Lipinski definition) is 2. The van der Waals surface area contributed by atoms with Gasteiger partial charge in [-0.25, -0.2) is 0 Å². The number of benzene rings is 3. The first-order chi connectivity index (χ1) is 13.1. The Labute approximate surface area is 161 Å². The van der Waals surface area contributed by atoms with Gasteiger partial charge in [-0.05, 0) is 48.5 Å². The topological polar surface area (TPSA) is 67.4 Å². The molecule has 0 atom stereocenters. The maximum atomic E-state index is 12.4. The first-order valence-electron chi connectivity index (χ1n) is 8.18. The minimum Gasteiger partial charge on any atom is -0.497 e. The van der Waals surface area contributed by atoms with E-state index < -0.39 is 0 Å². The fraction of sp³-hybridized carbons (Fsp3) is 0.0476. The molecule has 0 spiro atoms. The van der Waals surface area contributed by atoms with Crippen molar-refractivity contribution in [3.8, 4) is 5.75 Å². The van der Waals surface area contributed by atoms with E-state index in [-0.39, 0.29) is 11.8 Å². The van der Waals surface area contributed by atoms with Gasteiger partial charge < -0.3 is 15.4 Å². The van der Waals surface area contributed by atoms with Crippen LogP contribution in [0.2, 0.25) is 5.02 Å². The molecule has 2 amide bonds. The molecule has 0 bridgehead atoms. The van der Waals surface area contributed by atoms with Crippen LogP contribution >= 0.6 is 11.6 Å². The molecular weight excluding hydrogens is 364 g/mol. The van der Waals surface area contributed by atoms with Gasteiger partial charge in [0, 0.05) is 16.8 Å². The zero-order chi connectivity index (χ0) is 19.2. The summed E-state index contributed by atoms with van der Waals surface area (Å²) < 4.78 is 5.12. The lowest BCUT2D eigenvalue weighted by atomic mass is 10.2. The van der Waals surface area contributed by atoms with Crippen LogP contribution in [0.25, 0.3) is 0 Å². The van der Waals surface area contributed by atoms with Crippen LogP contribution < -0.4 is 15.4 Å². The van der Waals surface area contributed by atoms with Gasteiger partial charge in [0.25, 0.3) is 11.8 Å². The Morgan fingerprint density at radius 3 is 2.22 bits per heavy atom. The summed E-state index contributed by atoms with van der Waals surface area (Å²) in [5.74, 6) is 0.0522. The number of nitrogens with one attached hydrogen (secondary N) is 2. The molecule has 2 N–H and O–H groups in total. The molecule has 0 saturated carbocycles. The molecule has 0 saturated heterocycles. The van der Waals surface area contributed by atoms with E-state index in [9.17, 15) is 9.59 Å². The van der Waals surface area contributed by atoms with Gasteiger partial charge >= 0.3 is 0 Å². The Balaban J connectivity index is 1.71. The van der Waals surface area contributed by atoms with Crippen molar-refractivity contribution in [2.24, 2.45) is 0 Å². The number of ether oxygens (including phenoxy) is 1. The SMILES string of the molecule is COc1cccc(C(=O)Nc2ccc(NC(=O)c3ccccc3)c(Cl)c2)c1. The van der Waals surface area contributed by atoms with Crippen LogP contribution in [0.15, 0.2) is 72.8 Å². The Kier molecular flexibility index (Phi) is 5.74. The van der Waals surface area contributed by atoms with Crippen molar-refractivity contribution in [3.63, 3.8) is 0 Å². The molecule has 0 aliphatic heterocycles. The van der Waals surface area contributed by atoms with Gasteiger partial charge in [0.1, 0.15) is 5.75 Å². The molecule has 0 heterocycles. The summed E-state index contributed by atoms with van der Waals surface area (Å²) in [4.78, 5) is 24.6. The fourth-order valence-electron chi connectivity index (χ4n) is 2.45. The highest BCUT2D eigenvalue weighted by molar-refractivity contribution is 6.34. The van der Waals surface area contributed by atoms with E-state index in [1.54, 1.807) is 73.8 Å². The monoisotopic (exact) mass is 380 g/mol. The van der Waals surface area contributed by atoms with Crippen LogP contribution in [0, 0.1) is 0 Å². The van der Waals surface area contributed by atoms with E-state index in [0.717, 1.165) is 0 Å². The van der Waals surface area contributed by atoms with Gasteiger partial charge in [-0.3, -0.25) is 9.59 Å². The quantitative estimate of drug-likeness (QED) is 0.664. The molecule has 0 radical (unpaired) electrons. The highest BCUT2D eigenvalue weighted by Crippen LogP contribution is 2.26. The average Bonchev–Trinajstić information content (AvgIpc) is 2.70. The van der Waals surface area contributed by atoms with Gasteiger partial charge in [0.05, 0.1) is 17.8 Å². The number of carbonyl (C=O) groups is 2. The van der Waals surface area contributed by atoms with Crippen molar-refractivity contribution in [1.29, 1.82) is 0 Å². The molecule has 0 aromatic heterocycles. The largest absolute Gasteiger partial charge is 0.497 e. The molecule has 3 aromatic rings. The Hall–Kier alpha value is -3.31. The predicted molar refractivity (Wildman–Crippen MR) is 107 cm³/mol. The normalized spacial score (nSPS) is 10.1. The molecule has 27 heavy (non-hydrogen) atoms. The second kappa shape index (κ2) is 8.38. The van der Waals surface area contributed by atoms with E-state index in [1.807, 2.05) is 6.07 Å². The summed E-state index contributed by atoms with van der Waals surface area (Å²) in [7, 11) is 1.54. The first kappa shape index (κ1) is 18.5. The van der Waals surface area contributed by atoms with Crippen molar-refractivity contribution >= 4 is 34.8 Å². The Morgan fingerprint density at radius 2 is 1.52 bits per heavy atom. The second-order valence-electron chi connectivity index (χ2n) is 5.70. The first-order valence-corrected chi connectivity index (χ1v) is 8.56. The van der Waals surface area contributed by atoms with Crippen LogP contribution in [0.3, 0.4) is 0 Å². The van der Waals surface area contributed by atoms with Crippen LogP contribution in [0.5, 0.6) is 5.75 Å². The fourth-order valence-corrected chi connectivity index (χ4v) is 2.67. The summed E-state index contributed by atoms with van der Waals surface area (Å²) in [6.07, 6.45) is 0. The molecule has 3 rings (SSSR count). The van der Waals surface area contributed by atoms with Gasteiger partial charge in [-0.15, -0.1) is 0 Å². The molecule has 136 valence electrons. The standard InChI is InChI=1S/C21H17ClN2O3/c1-27-17-9-5-8-15(12-17)21(26)23-16-10-11-19(18(22)13-16)24-20(25)14-6-3-2-4-7-14/h2-13H,1H3,(H,23,26)(H,24,25). The summed E-state index contributed by atoms with van der Waals surface area (Å²) in [5, 5.41) is 5.85. The summed E-state index contributed by atoms with van der Waals surface area (Å²) in [6, 6.07) is 20.6. The zero-order valence-corrected chi connectivity index (χ0v) is 15.3. The Bertz CT molecular complexity index is 974. The van der Waals surface area contributed by atoms with Crippen LogP contribution in [-0.2, 0) is 0 Å². The highest BCUT2D eigenvalue weighted by atomic mass is 35.5. The number of methoxy groups -OCH3 is 1. The summed E-state index contributed by atoms with van der Waals surface area (Å²) in [5.41, 5.74) is 1.98. The average molecular weight is 381 g/mol. The maximum Gasteiger partial charge on any atom is 0.255 e. The van der Waals surface area contributed by atoms with E-state index in [4.69, 9.17) is 16.3 Å². The maximum absolute atomic E-state index is 12.4. The van der Waals surface area contributed by atoms with E-state index in [0.29, 0.717) is 33.3 Å². The van der Waals surface area contributed by atoms with Gasteiger partial charge in [-0.2, -0.15) is 0 Å². The lowest BCUT2D eigenvalue weighted by Crippen LogP contribution is -2.13. The third-order valence-electron chi connectivity index (χ3n) is 3.84. The molecule has 5 nitrogen and oxygen atoms in total. The smallest absolute Gasteiger partial charge is 0.255 e. The predicted octanol–water partition coefficient (Wildman–Crippen LogP) is 4.85. The van der Waals surface area contributed by atoms with Gasteiger partial charge in [0.15, 0.2) is 0 Å². The highest BCUT2D eigenvalue weighted by Gasteiger charge is 2.11. The van der Waals surface area contributed by atoms with Crippen LogP contribution in [-0.4, -0.2) is 18.9 Å². The number of hydrogen-bond acceptors (Lipinski definition) is 3. The zero-order valence-electron chi connectivity index (χ0n) is 14.5. The number of halogens is 1. The molecule has 3 aromatic carbocycles. The van der Waals surface area contributed by atoms with Crippen molar-refractivity contribution in [1.82, 2.24) is 0 Å². The van der Waals surface area contributed by atoms with E-state index in [2.05, 4.69) is 10.6 Å². The van der Waals surface area contributed by atoms with Crippen molar-refractivity contribution in [2.75, 3.05) is 17.7 Å². The number of anilines is 2. The number of carbonyl (C=O) groups excluding carboxylic acids is 2. The molecule has 6 heteroatoms. The van der Waals surface area contributed by atoms with Crippen molar-refractivity contribution in [2.45, 2.75) is 0 Å². The van der Waals surface area contributed by atoms with Crippen LogP contribution in [0.1, 0.15) is 20.7 Å². The third-order valence-corrected chi connectivity index (χ3v) is 4.16. The van der Waals surface area contributed by atoms with Crippen molar-refractivity contribution in [3.05, 3.63) is 88.9 Å². The number of amides is 2. The lowest BCUT2D eigenvalue weighted by molar-refractivity contribution is 0.101. The minimum absolute atomic E-state index is 0.259. The Morgan fingerprint density at radius 1 is 0.815 bits per heavy atom. The van der Waals surface area contributed by atoms with E-state index in [1.165, 1.54) is 0 Å². The summed E-state index contributed by atoms with van der Waals surface area (Å²) >= 11 is 6.25. The number of rotatable bonds is 5. The van der Waals surface area contributed by atoms with Gasteiger partial charge in [0.2, 0.25) is 0 Å². The minimum atomic E-state index is -0.286. The summed E-state index contributed by atoms with van der Waals surface area (Å²) in [6.45, 7) is 0. The molecule has 0 unspecified atom stereocenters. The van der Waals surface area contributed by atoms with Gasteiger partial charge in [-0.1, -0.05) is 35.9 Å². The lowest BCUT2D eigenvalue weighted by Gasteiger charge is -2.11. The van der Waals surface area contributed by atoms with Crippen molar-refractivity contribution < 1.29 is 14.3 Å². The molecule has 0 aliphatic carbocycles. The second-order valence-corrected chi connectivity index (χ2v) is 6.11. The molecule has 0 aliphatic rings. The molecular formula is C21H17ClN2O3. The third kappa shape index (κ3) is 4.65. The molecule has 0 fully saturated rings. The van der Waals surface area contributed by atoms with Crippen LogP contribution in [0.4, 0.5) is 11.4 Å².